The van der Waals surface area contributed by atoms with Crippen molar-refractivity contribution in [2.45, 2.75) is 71.7 Å². The first-order valence-electron chi connectivity index (χ1n) is 10.0. The molecule has 4 fully saturated rings. The molecule has 150 valence electrons. The maximum atomic E-state index is 13.7. The van der Waals surface area contributed by atoms with Crippen LogP contribution in [0.2, 0.25) is 0 Å². The average Bonchev–Trinajstić information content (AvgIpc) is 3.16. The zero-order valence-corrected chi connectivity index (χ0v) is 17.1. The Morgan fingerprint density at radius 1 is 1.22 bits per heavy atom. The molecule has 2 amide bonds. The second-order valence-electron chi connectivity index (χ2n) is 9.89. The maximum Gasteiger partial charge on any atom is 0.421 e. The van der Waals surface area contributed by atoms with Crippen LogP contribution in [0.25, 0.3) is 0 Å². The number of ether oxygens (including phenoxy) is 3. The third-order valence-corrected chi connectivity index (χ3v) is 7.42. The Labute approximate surface area is 161 Å². The lowest BCUT2D eigenvalue weighted by Crippen LogP contribution is -2.68. The Morgan fingerprint density at radius 2 is 1.85 bits per heavy atom. The van der Waals surface area contributed by atoms with Gasteiger partial charge in [-0.25, -0.2) is 9.69 Å². The minimum absolute atomic E-state index is 0.115. The van der Waals surface area contributed by atoms with Gasteiger partial charge >= 0.3 is 6.09 Å². The van der Waals surface area contributed by atoms with E-state index in [9.17, 15) is 9.59 Å². The normalized spacial score (nSPS) is 40.4. The number of allylic oxidation sites excluding steroid dienone is 1. The van der Waals surface area contributed by atoms with Crippen LogP contribution in [-0.2, 0) is 19.0 Å². The molecule has 2 saturated heterocycles. The number of nitrogens with zero attached hydrogens (tertiary/aromatic N) is 1. The van der Waals surface area contributed by atoms with Gasteiger partial charge in [0.2, 0.25) is 5.91 Å². The Hall–Kier alpha value is -1.40. The summed E-state index contributed by atoms with van der Waals surface area (Å²) in [5, 5.41) is 0. The van der Waals surface area contributed by atoms with E-state index in [1.807, 2.05) is 6.92 Å². The summed E-state index contributed by atoms with van der Waals surface area (Å²) in [7, 11) is 0. The molecule has 0 aromatic heterocycles. The first kappa shape index (κ1) is 18.9. The molecule has 2 heterocycles. The van der Waals surface area contributed by atoms with Gasteiger partial charge in [0.15, 0.2) is 5.79 Å². The van der Waals surface area contributed by atoms with E-state index < -0.39 is 22.9 Å². The van der Waals surface area contributed by atoms with Crippen molar-refractivity contribution in [3.05, 3.63) is 12.3 Å². The van der Waals surface area contributed by atoms with E-state index in [1.54, 1.807) is 20.8 Å². The predicted octanol–water partition coefficient (Wildman–Crippen LogP) is 3.85. The van der Waals surface area contributed by atoms with Crippen molar-refractivity contribution in [2.24, 2.45) is 22.7 Å². The molecule has 2 saturated carbocycles. The summed E-state index contributed by atoms with van der Waals surface area (Å²) < 4.78 is 17.8. The summed E-state index contributed by atoms with van der Waals surface area (Å²) in [6.07, 6.45) is 2.73. The van der Waals surface area contributed by atoms with E-state index in [4.69, 9.17) is 14.2 Å². The summed E-state index contributed by atoms with van der Waals surface area (Å²) in [6.45, 7) is 14.9. The highest BCUT2D eigenvalue weighted by Crippen LogP contribution is 2.72. The third kappa shape index (κ3) is 2.32. The van der Waals surface area contributed by atoms with Gasteiger partial charge < -0.3 is 14.2 Å². The Bertz CT molecular complexity index is 704. The third-order valence-electron chi connectivity index (χ3n) is 7.42. The molecule has 0 aromatic rings. The van der Waals surface area contributed by atoms with Gasteiger partial charge in [-0.05, 0) is 52.9 Å². The van der Waals surface area contributed by atoms with Gasteiger partial charge in [0.05, 0.1) is 18.6 Å². The number of hydrogen-bond acceptors (Lipinski definition) is 5. The number of imide groups is 1. The zero-order chi connectivity index (χ0) is 19.8. The van der Waals surface area contributed by atoms with Crippen LogP contribution in [0.4, 0.5) is 4.79 Å². The molecule has 6 nitrogen and oxygen atoms in total. The van der Waals surface area contributed by atoms with Crippen molar-refractivity contribution in [2.75, 3.05) is 13.2 Å². The summed E-state index contributed by atoms with van der Waals surface area (Å²) in [5.41, 5.74) is -1.23. The van der Waals surface area contributed by atoms with E-state index in [1.165, 1.54) is 4.90 Å². The molecule has 27 heavy (non-hydrogen) atoms. The molecule has 6 heteroatoms. The van der Waals surface area contributed by atoms with E-state index >= 15 is 0 Å². The first-order valence-corrected chi connectivity index (χ1v) is 10.0. The fourth-order valence-corrected chi connectivity index (χ4v) is 6.12. The fraction of sp³-hybridized carbons (Fsp3) is 0.810. The van der Waals surface area contributed by atoms with E-state index in [0.29, 0.717) is 18.9 Å². The number of hydrogen-bond donors (Lipinski definition) is 0. The highest BCUT2D eigenvalue weighted by Gasteiger charge is 2.75. The van der Waals surface area contributed by atoms with Gasteiger partial charge in [-0.3, -0.25) is 4.79 Å². The maximum absolute atomic E-state index is 13.7. The smallest absolute Gasteiger partial charge is 0.421 e. The predicted molar refractivity (Wildman–Crippen MR) is 98.5 cm³/mol. The van der Waals surface area contributed by atoms with Crippen molar-refractivity contribution in [1.29, 1.82) is 0 Å². The van der Waals surface area contributed by atoms with Crippen LogP contribution in [-0.4, -0.2) is 41.5 Å². The molecule has 0 radical (unpaired) electrons. The number of piperidine rings is 1. The van der Waals surface area contributed by atoms with Gasteiger partial charge in [-0.15, -0.1) is 0 Å². The molecule has 1 spiro atoms. The van der Waals surface area contributed by atoms with Crippen molar-refractivity contribution in [3.8, 4) is 0 Å². The van der Waals surface area contributed by atoms with Crippen LogP contribution >= 0.6 is 0 Å². The van der Waals surface area contributed by atoms with Crippen LogP contribution in [0.5, 0.6) is 0 Å². The molecule has 2 unspecified atom stereocenters. The van der Waals surface area contributed by atoms with Crippen LogP contribution < -0.4 is 0 Å². The van der Waals surface area contributed by atoms with Gasteiger partial charge in [0.25, 0.3) is 0 Å². The lowest BCUT2D eigenvalue weighted by atomic mass is 9.48. The standard InChI is InChI=1S/C21H31NO5/c1-13-7-8-20-9-10-21(25-11-12-26-21)15(20)19(13,6)16(23)22(14(20)2)17(24)27-18(3,4)5/h13,15H,2,7-12H2,1,3-6H3/t13-,15?,19-,20?/m1/s1. The molecule has 4 aliphatic rings. The lowest BCUT2D eigenvalue weighted by Gasteiger charge is -2.61. The molecular weight excluding hydrogens is 346 g/mol. The number of amides is 2. The van der Waals surface area contributed by atoms with Crippen LogP contribution in [0.3, 0.4) is 0 Å². The number of likely N-dealkylation sites (tertiary alicyclic amines) is 1. The Kier molecular flexibility index (Phi) is 3.91. The van der Waals surface area contributed by atoms with Crippen LogP contribution in [0.15, 0.2) is 12.3 Å². The topological polar surface area (TPSA) is 65.1 Å². The molecule has 2 aliphatic heterocycles. The van der Waals surface area contributed by atoms with Crippen molar-refractivity contribution >= 4 is 12.0 Å². The van der Waals surface area contributed by atoms with Crippen molar-refractivity contribution in [3.63, 3.8) is 0 Å². The SMILES string of the molecule is C=C1N(C(=O)OC(C)(C)C)C(=O)[C@@]2(C)C3C4(CCC13CC[C@H]2C)OCCO4. The van der Waals surface area contributed by atoms with Gasteiger partial charge in [-0.2, -0.15) is 0 Å². The summed E-state index contributed by atoms with van der Waals surface area (Å²) in [4.78, 5) is 27.9. The summed E-state index contributed by atoms with van der Waals surface area (Å²) in [6, 6.07) is 0. The van der Waals surface area contributed by atoms with Crippen LogP contribution in [0, 0.1) is 22.7 Å². The van der Waals surface area contributed by atoms with Gasteiger partial charge in [0.1, 0.15) is 5.60 Å². The monoisotopic (exact) mass is 377 g/mol. The summed E-state index contributed by atoms with van der Waals surface area (Å²) >= 11 is 0. The molecule has 2 bridgehead atoms. The molecule has 4 rings (SSSR count). The zero-order valence-electron chi connectivity index (χ0n) is 17.1. The molecule has 0 aromatic carbocycles. The first-order chi connectivity index (χ1) is 12.5. The van der Waals surface area contributed by atoms with Crippen molar-refractivity contribution in [1.82, 2.24) is 4.90 Å². The lowest BCUT2D eigenvalue weighted by molar-refractivity contribution is -0.246. The molecule has 2 aliphatic carbocycles. The number of carbonyl (C=O) groups excluding carboxylic acids is 2. The second kappa shape index (κ2) is 5.57. The van der Waals surface area contributed by atoms with Gasteiger partial charge in [-0.1, -0.05) is 13.5 Å². The Balaban J connectivity index is 1.82. The van der Waals surface area contributed by atoms with E-state index in [-0.39, 0.29) is 23.2 Å². The second-order valence-corrected chi connectivity index (χ2v) is 9.89. The highest BCUT2D eigenvalue weighted by atomic mass is 16.7. The van der Waals surface area contributed by atoms with Crippen molar-refractivity contribution < 1.29 is 23.8 Å². The molecule has 0 N–H and O–H groups in total. The van der Waals surface area contributed by atoms with E-state index in [2.05, 4.69) is 13.5 Å². The minimum atomic E-state index is -0.753. The molecular formula is C21H31NO5. The highest BCUT2D eigenvalue weighted by molar-refractivity contribution is 5.99. The Morgan fingerprint density at radius 3 is 2.44 bits per heavy atom. The minimum Gasteiger partial charge on any atom is -0.443 e. The number of rotatable bonds is 0. The molecule has 4 atom stereocenters. The number of carbonyl (C=O) groups is 2. The van der Waals surface area contributed by atoms with Crippen LogP contribution in [0.1, 0.15) is 60.3 Å². The fourth-order valence-electron chi connectivity index (χ4n) is 6.12. The summed E-state index contributed by atoms with van der Waals surface area (Å²) in [5.74, 6) is -0.969. The quantitative estimate of drug-likeness (QED) is 0.641. The van der Waals surface area contributed by atoms with Gasteiger partial charge in [0, 0.05) is 23.5 Å². The van der Waals surface area contributed by atoms with E-state index in [0.717, 1.165) is 25.7 Å². The average molecular weight is 377 g/mol. The largest absolute Gasteiger partial charge is 0.443 e.